The van der Waals surface area contributed by atoms with Crippen LogP contribution >= 0.6 is 0 Å². The normalized spacial score (nSPS) is 11.0. The third-order valence-corrected chi connectivity index (χ3v) is 3.66. The fraction of sp³-hybridized carbons (Fsp3) is 0.278. The van der Waals surface area contributed by atoms with Crippen LogP contribution in [0.5, 0.6) is 5.75 Å². The SMILES string of the molecule is COc1ccc(NC(=O)NCc2cccc(N(C)C)c2)c(C(F)(F)F)c1. The number of nitrogens with one attached hydrogen (secondary N) is 2. The van der Waals surface area contributed by atoms with Gasteiger partial charge in [0.25, 0.3) is 0 Å². The minimum Gasteiger partial charge on any atom is -0.497 e. The molecule has 5 nitrogen and oxygen atoms in total. The summed E-state index contributed by atoms with van der Waals surface area (Å²) in [7, 11) is 5.06. The summed E-state index contributed by atoms with van der Waals surface area (Å²) in [6.07, 6.45) is -4.61. The van der Waals surface area contributed by atoms with Crippen LogP contribution in [0.4, 0.5) is 29.3 Å². The molecule has 0 unspecified atom stereocenters. The highest BCUT2D eigenvalue weighted by molar-refractivity contribution is 5.90. The van der Waals surface area contributed by atoms with Crippen LogP contribution in [0.15, 0.2) is 42.5 Å². The first-order valence-corrected chi connectivity index (χ1v) is 7.77. The lowest BCUT2D eigenvalue weighted by atomic mass is 10.1. The number of benzene rings is 2. The fourth-order valence-electron chi connectivity index (χ4n) is 2.29. The molecule has 2 N–H and O–H groups in total. The maximum atomic E-state index is 13.2. The van der Waals surface area contributed by atoms with E-state index in [2.05, 4.69) is 10.6 Å². The summed E-state index contributed by atoms with van der Waals surface area (Å²) < 4.78 is 44.3. The molecule has 0 fully saturated rings. The second kappa shape index (κ2) is 7.99. The van der Waals surface area contributed by atoms with E-state index in [9.17, 15) is 18.0 Å². The van der Waals surface area contributed by atoms with Gasteiger partial charge in [0.2, 0.25) is 0 Å². The van der Waals surface area contributed by atoms with Crippen molar-refractivity contribution in [2.24, 2.45) is 0 Å². The van der Waals surface area contributed by atoms with E-state index in [1.54, 1.807) is 0 Å². The van der Waals surface area contributed by atoms with E-state index in [0.717, 1.165) is 23.4 Å². The van der Waals surface area contributed by atoms with Gasteiger partial charge in [0.1, 0.15) is 5.75 Å². The molecule has 0 bridgehead atoms. The molecule has 0 spiro atoms. The zero-order valence-electron chi connectivity index (χ0n) is 14.6. The van der Waals surface area contributed by atoms with Gasteiger partial charge < -0.3 is 20.3 Å². The predicted octanol–water partition coefficient (Wildman–Crippen LogP) is 4.10. The van der Waals surface area contributed by atoms with Crippen LogP contribution in [-0.2, 0) is 12.7 Å². The second-order valence-corrected chi connectivity index (χ2v) is 5.78. The number of halogens is 3. The van der Waals surface area contributed by atoms with Crippen molar-refractivity contribution in [1.82, 2.24) is 5.32 Å². The zero-order valence-corrected chi connectivity index (χ0v) is 14.6. The number of anilines is 2. The third kappa shape index (κ3) is 5.05. The van der Waals surface area contributed by atoms with Gasteiger partial charge in [-0.15, -0.1) is 0 Å². The molecule has 2 aromatic rings. The molecule has 0 aromatic heterocycles. The number of ether oxygens (including phenoxy) is 1. The largest absolute Gasteiger partial charge is 0.497 e. The Morgan fingerprint density at radius 2 is 1.88 bits per heavy atom. The molecule has 2 aromatic carbocycles. The number of hydrogen-bond acceptors (Lipinski definition) is 3. The van der Waals surface area contributed by atoms with Gasteiger partial charge in [-0.05, 0) is 35.9 Å². The van der Waals surface area contributed by atoms with E-state index in [1.807, 2.05) is 43.3 Å². The van der Waals surface area contributed by atoms with Crippen molar-refractivity contribution in [1.29, 1.82) is 0 Å². The van der Waals surface area contributed by atoms with Crippen LogP contribution in [0.2, 0.25) is 0 Å². The molecule has 8 heteroatoms. The molecule has 0 aliphatic heterocycles. The molecule has 26 heavy (non-hydrogen) atoms. The molecule has 140 valence electrons. The summed E-state index contributed by atoms with van der Waals surface area (Å²) in [6.45, 7) is 0.186. The van der Waals surface area contributed by atoms with Gasteiger partial charge in [0.15, 0.2) is 0 Å². The van der Waals surface area contributed by atoms with Crippen molar-refractivity contribution in [3.63, 3.8) is 0 Å². The van der Waals surface area contributed by atoms with Crippen molar-refractivity contribution in [2.75, 3.05) is 31.4 Å². The number of carbonyl (C=O) groups is 1. The predicted molar refractivity (Wildman–Crippen MR) is 94.6 cm³/mol. The van der Waals surface area contributed by atoms with E-state index < -0.39 is 17.8 Å². The Balaban J connectivity index is 2.07. The average Bonchev–Trinajstić information content (AvgIpc) is 2.59. The van der Waals surface area contributed by atoms with Gasteiger partial charge in [-0.2, -0.15) is 13.2 Å². The van der Waals surface area contributed by atoms with Crippen molar-refractivity contribution in [3.8, 4) is 5.75 Å². The lowest BCUT2D eigenvalue weighted by Gasteiger charge is -2.16. The second-order valence-electron chi connectivity index (χ2n) is 5.78. The maximum Gasteiger partial charge on any atom is 0.418 e. The number of urea groups is 1. The number of methoxy groups -OCH3 is 1. The summed E-state index contributed by atoms with van der Waals surface area (Å²) >= 11 is 0. The Morgan fingerprint density at radius 3 is 2.50 bits per heavy atom. The Morgan fingerprint density at radius 1 is 1.15 bits per heavy atom. The zero-order chi connectivity index (χ0) is 19.3. The highest BCUT2D eigenvalue weighted by Crippen LogP contribution is 2.37. The van der Waals surface area contributed by atoms with E-state index in [-0.39, 0.29) is 18.0 Å². The van der Waals surface area contributed by atoms with Gasteiger partial charge >= 0.3 is 12.2 Å². The number of rotatable bonds is 5. The monoisotopic (exact) mass is 367 g/mol. The van der Waals surface area contributed by atoms with Crippen molar-refractivity contribution >= 4 is 17.4 Å². The quantitative estimate of drug-likeness (QED) is 0.837. The van der Waals surface area contributed by atoms with Crippen molar-refractivity contribution in [3.05, 3.63) is 53.6 Å². The number of alkyl halides is 3. The molecular formula is C18H20F3N3O2. The molecule has 0 aliphatic carbocycles. The van der Waals surface area contributed by atoms with Gasteiger partial charge in [-0.25, -0.2) is 4.79 Å². The molecule has 2 rings (SSSR count). The summed E-state index contributed by atoms with van der Waals surface area (Å²) in [6, 6.07) is 10.1. The molecule has 0 aliphatic rings. The Kier molecular flexibility index (Phi) is 5.97. The van der Waals surface area contributed by atoms with Crippen molar-refractivity contribution in [2.45, 2.75) is 12.7 Å². The van der Waals surface area contributed by atoms with Crippen LogP contribution in [-0.4, -0.2) is 27.2 Å². The fourth-order valence-corrected chi connectivity index (χ4v) is 2.29. The van der Waals surface area contributed by atoms with E-state index in [4.69, 9.17) is 4.74 Å². The summed E-state index contributed by atoms with van der Waals surface area (Å²) in [5.74, 6) is 0.0591. The van der Waals surface area contributed by atoms with Crippen molar-refractivity contribution < 1.29 is 22.7 Å². The standard InChI is InChI=1S/C18H20F3N3O2/c1-24(2)13-6-4-5-12(9-13)11-22-17(25)23-16-8-7-14(26-3)10-15(16)18(19,20)21/h4-10H,11H2,1-3H3,(H2,22,23,25). The summed E-state index contributed by atoms with van der Waals surface area (Å²) in [4.78, 5) is 13.9. The average molecular weight is 367 g/mol. The van der Waals surface area contributed by atoms with Crippen LogP contribution in [0.3, 0.4) is 0 Å². The molecule has 0 saturated carbocycles. The van der Waals surface area contributed by atoms with Gasteiger partial charge in [0.05, 0.1) is 18.4 Å². The number of hydrogen-bond donors (Lipinski definition) is 2. The minimum absolute atomic E-state index is 0.0591. The smallest absolute Gasteiger partial charge is 0.418 e. The van der Waals surface area contributed by atoms with Gasteiger partial charge in [0, 0.05) is 26.3 Å². The van der Waals surface area contributed by atoms with Crippen LogP contribution in [0.25, 0.3) is 0 Å². The first kappa shape index (κ1) is 19.4. The maximum absolute atomic E-state index is 13.2. The summed E-state index contributed by atoms with van der Waals surface area (Å²) in [5.41, 5.74) is 0.482. The minimum atomic E-state index is -4.61. The first-order valence-electron chi connectivity index (χ1n) is 7.77. The Hall–Kier alpha value is -2.90. The number of carbonyl (C=O) groups excluding carboxylic acids is 1. The molecule has 2 amide bonds. The molecule has 0 heterocycles. The lowest BCUT2D eigenvalue weighted by molar-refractivity contribution is -0.137. The molecule has 0 radical (unpaired) electrons. The van der Waals surface area contributed by atoms with Gasteiger partial charge in [-0.3, -0.25) is 0 Å². The molecule has 0 atom stereocenters. The highest BCUT2D eigenvalue weighted by Gasteiger charge is 2.34. The van der Waals surface area contributed by atoms with Crippen LogP contribution < -0.4 is 20.3 Å². The Bertz CT molecular complexity index is 777. The van der Waals surface area contributed by atoms with Crippen LogP contribution in [0, 0.1) is 0 Å². The number of nitrogens with zero attached hydrogens (tertiary/aromatic N) is 1. The summed E-state index contributed by atoms with van der Waals surface area (Å²) in [5, 5.41) is 4.79. The first-order chi connectivity index (χ1) is 12.2. The van der Waals surface area contributed by atoms with E-state index in [1.165, 1.54) is 13.2 Å². The van der Waals surface area contributed by atoms with Gasteiger partial charge in [-0.1, -0.05) is 12.1 Å². The molecule has 0 saturated heterocycles. The highest BCUT2D eigenvalue weighted by atomic mass is 19.4. The number of amides is 2. The lowest BCUT2D eigenvalue weighted by Crippen LogP contribution is -2.29. The van der Waals surface area contributed by atoms with E-state index in [0.29, 0.717) is 0 Å². The van der Waals surface area contributed by atoms with Crippen LogP contribution in [0.1, 0.15) is 11.1 Å². The Labute approximate surface area is 149 Å². The third-order valence-electron chi connectivity index (χ3n) is 3.66. The topological polar surface area (TPSA) is 53.6 Å². The van der Waals surface area contributed by atoms with E-state index >= 15 is 0 Å². The molecular weight excluding hydrogens is 347 g/mol.